The molecule has 0 fully saturated rings. The van der Waals surface area contributed by atoms with Gasteiger partial charge in [-0.25, -0.2) is 0 Å². The molecule has 0 bridgehead atoms. The molecule has 168 valence electrons. The maximum atomic E-state index is 5.32. The number of nitrogens with zero attached hydrogens (tertiary/aromatic N) is 2. The van der Waals surface area contributed by atoms with Gasteiger partial charge in [-0.1, -0.05) is 12.1 Å². The van der Waals surface area contributed by atoms with Gasteiger partial charge in [0.25, 0.3) is 0 Å². The molecule has 30 heavy (non-hydrogen) atoms. The summed E-state index contributed by atoms with van der Waals surface area (Å²) in [6, 6.07) is 13.2. The minimum absolute atomic E-state index is 0.744. The van der Waals surface area contributed by atoms with Crippen LogP contribution in [0.4, 0.5) is 0 Å². The molecule has 10 heteroatoms. The second kappa shape index (κ2) is 14.5. The van der Waals surface area contributed by atoms with Crippen LogP contribution in [-0.4, -0.2) is 70.2 Å². The molecule has 0 N–H and O–H groups in total. The highest BCUT2D eigenvalue weighted by molar-refractivity contribution is 6.60. The van der Waals surface area contributed by atoms with E-state index in [4.69, 9.17) is 26.6 Å². The first-order valence-corrected chi connectivity index (χ1v) is 13.5. The van der Waals surface area contributed by atoms with Crippen molar-refractivity contribution >= 4 is 17.6 Å². The minimum Gasteiger partial charge on any atom is -0.377 e. The van der Waals surface area contributed by atoms with Gasteiger partial charge in [0, 0.05) is 78.5 Å². The van der Waals surface area contributed by atoms with Crippen LogP contribution in [0.15, 0.2) is 48.8 Å². The van der Waals surface area contributed by atoms with Crippen molar-refractivity contribution in [2.24, 2.45) is 0 Å². The lowest BCUT2D eigenvalue weighted by molar-refractivity contribution is 0.123. The minimum atomic E-state index is -2.44. The van der Waals surface area contributed by atoms with Gasteiger partial charge in [-0.05, 0) is 37.1 Å². The van der Waals surface area contributed by atoms with Gasteiger partial charge in [-0.3, -0.25) is 9.97 Å². The second-order valence-corrected chi connectivity index (χ2v) is 12.4. The molecule has 0 unspecified atom stereocenters. The van der Waals surface area contributed by atoms with Crippen molar-refractivity contribution in [3.8, 4) is 0 Å². The summed E-state index contributed by atoms with van der Waals surface area (Å²) in [6.07, 6.45) is 5.18. The zero-order chi connectivity index (χ0) is 22.3. The van der Waals surface area contributed by atoms with Crippen molar-refractivity contribution in [3.05, 3.63) is 60.2 Å². The highest BCUT2D eigenvalue weighted by atomic mass is 28.4. The van der Waals surface area contributed by atoms with Gasteiger partial charge >= 0.3 is 17.6 Å². The van der Waals surface area contributed by atoms with Crippen molar-refractivity contribution in [2.75, 3.05) is 42.7 Å². The third kappa shape index (κ3) is 8.70. The van der Waals surface area contributed by atoms with E-state index in [-0.39, 0.29) is 0 Å². The summed E-state index contributed by atoms with van der Waals surface area (Å²) in [7, 11) is 4.86. The Labute approximate surface area is 182 Å². The van der Waals surface area contributed by atoms with Crippen LogP contribution in [0.25, 0.3) is 0 Å². The van der Waals surface area contributed by atoms with E-state index in [2.05, 4.69) is 9.97 Å². The Morgan fingerprint density at radius 2 is 0.900 bits per heavy atom. The number of hydrogen-bond acceptors (Lipinski definition) is 8. The van der Waals surface area contributed by atoms with E-state index in [9.17, 15) is 0 Å². The number of aryl methyl sites for hydroxylation is 2. The lowest BCUT2D eigenvalue weighted by Gasteiger charge is -2.23. The van der Waals surface area contributed by atoms with E-state index in [0.717, 1.165) is 36.3 Å². The second-order valence-electron chi connectivity index (χ2n) is 6.23. The molecule has 2 rings (SSSR count). The summed E-state index contributed by atoms with van der Waals surface area (Å²) < 4.78 is 31.9. The maximum Gasteiger partial charge on any atom is 0.500 e. The zero-order valence-corrected chi connectivity index (χ0v) is 20.8. The summed E-state index contributed by atoms with van der Waals surface area (Å²) >= 11 is 0. The summed E-state index contributed by atoms with van der Waals surface area (Å²) in [4.78, 5) is 8.48. The normalized spacial score (nSPS) is 11.7. The van der Waals surface area contributed by atoms with Crippen molar-refractivity contribution < 1.29 is 26.6 Å². The fourth-order valence-electron chi connectivity index (χ4n) is 2.77. The Hall–Kier alpha value is -1.51. The number of rotatable bonds is 12. The molecule has 0 atom stereocenters. The van der Waals surface area contributed by atoms with Crippen LogP contribution in [0.5, 0.6) is 0 Å². The molecular formula is C20H34N2O6Si2. The van der Waals surface area contributed by atoms with E-state index in [1.807, 2.05) is 36.4 Å². The van der Waals surface area contributed by atoms with Crippen molar-refractivity contribution in [3.63, 3.8) is 0 Å². The van der Waals surface area contributed by atoms with Gasteiger partial charge in [-0.2, -0.15) is 0 Å². The zero-order valence-electron chi connectivity index (χ0n) is 18.8. The molecule has 8 nitrogen and oxygen atoms in total. The van der Waals surface area contributed by atoms with Gasteiger partial charge < -0.3 is 26.6 Å². The summed E-state index contributed by atoms with van der Waals surface area (Å²) in [5.74, 6) is 0. The number of hydrogen-bond donors (Lipinski definition) is 0. The Bertz CT molecular complexity index is 597. The van der Waals surface area contributed by atoms with E-state index < -0.39 is 17.6 Å². The number of pyridine rings is 2. The van der Waals surface area contributed by atoms with Crippen LogP contribution < -0.4 is 0 Å². The van der Waals surface area contributed by atoms with Crippen LogP contribution in [0, 0.1) is 0 Å². The SMILES string of the molecule is CO[Si](CCc1ccccn1)(OC)OC.CO[Si](CCc1ccccn1)(OC)OC. The van der Waals surface area contributed by atoms with Crippen LogP contribution in [-0.2, 0) is 39.4 Å². The van der Waals surface area contributed by atoms with E-state index in [0.29, 0.717) is 0 Å². The average Bonchev–Trinajstić information content (AvgIpc) is 2.83. The summed E-state index contributed by atoms with van der Waals surface area (Å²) in [5.41, 5.74) is 2.06. The highest BCUT2D eigenvalue weighted by Gasteiger charge is 2.37. The standard InChI is InChI=1S/2C10H17NO3Si/c2*1-12-15(13-2,14-3)9-7-10-6-4-5-8-11-10/h2*4-6,8H,7,9H2,1-3H3. The van der Waals surface area contributed by atoms with Gasteiger partial charge in [-0.15, -0.1) is 0 Å². The van der Waals surface area contributed by atoms with E-state index in [1.54, 1.807) is 55.1 Å². The van der Waals surface area contributed by atoms with Gasteiger partial charge in [0.15, 0.2) is 0 Å². The Kier molecular flexibility index (Phi) is 12.8. The van der Waals surface area contributed by atoms with E-state index >= 15 is 0 Å². The molecule has 0 spiro atoms. The topological polar surface area (TPSA) is 81.2 Å². The molecule has 0 aromatic carbocycles. The van der Waals surface area contributed by atoms with Crippen molar-refractivity contribution in [1.29, 1.82) is 0 Å². The fraction of sp³-hybridized carbons (Fsp3) is 0.500. The molecule has 2 aromatic heterocycles. The van der Waals surface area contributed by atoms with Crippen LogP contribution in [0.3, 0.4) is 0 Å². The van der Waals surface area contributed by atoms with E-state index in [1.165, 1.54) is 0 Å². The third-order valence-corrected chi connectivity index (χ3v) is 10.1. The van der Waals surface area contributed by atoms with Crippen LogP contribution in [0.2, 0.25) is 12.1 Å². The molecule has 0 aliphatic heterocycles. The van der Waals surface area contributed by atoms with Crippen molar-refractivity contribution in [1.82, 2.24) is 9.97 Å². The smallest absolute Gasteiger partial charge is 0.377 e. The monoisotopic (exact) mass is 454 g/mol. The first kappa shape index (κ1) is 26.5. The average molecular weight is 455 g/mol. The summed E-state index contributed by atoms with van der Waals surface area (Å²) in [6.45, 7) is 0. The third-order valence-electron chi connectivity index (χ3n) is 4.69. The molecule has 0 radical (unpaired) electrons. The molecule has 2 aromatic rings. The molecule has 0 aliphatic carbocycles. The van der Waals surface area contributed by atoms with Gasteiger partial charge in [0.05, 0.1) is 0 Å². The molecule has 0 saturated heterocycles. The Morgan fingerprint density at radius 3 is 1.13 bits per heavy atom. The molecule has 2 heterocycles. The number of aromatic nitrogens is 2. The quantitative estimate of drug-likeness (QED) is 0.453. The molecule has 0 amide bonds. The fourth-order valence-corrected chi connectivity index (χ4v) is 6.12. The Morgan fingerprint density at radius 1 is 0.567 bits per heavy atom. The largest absolute Gasteiger partial charge is 0.500 e. The van der Waals surface area contributed by atoms with Crippen molar-refractivity contribution in [2.45, 2.75) is 24.9 Å². The van der Waals surface area contributed by atoms with Gasteiger partial charge in [0.1, 0.15) is 0 Å². The summed E-state index contributed by atoms with van der Waals surface area (Å²) in [5, 5.41) is 0. The van der Waals surface area contributed by atoms with Crippen LogP contribution in [0.1, 0.15) is 11.4 Å². The first-order chi connectivity index (χ1) is 14.5. The van der Waals surface area contributed by atoms with Gasteiger partial charge in [0.2, 0.25) is 0 Å². The predicted molar refractivity (Wildman–Crippen MR) is 119 cm³/mol. The lowest BCUT2D eigenvalue weighted by atomic mass is 10.3. The highest BCUT2D eigenvalue weighted by Crippen LogP contribution is 2.16. The maximum absolute atomic E-state index is 5.32. The Balaban J connectivity index is 0.000000300. The molecular weight excluding hydrogens is 420 g/mol. The predicted octanol–water partition coefficient (Wildman–Crippen LogP) is 3.00. The lowest BCUT2D eigenvalue weighted by Crippen LogP contribution is -2.43. The molecule has 0 saturated carbocycles. The first-order valence-electron chi connectivity index (χ1n) is 9.63. The van der Waals surface area contributed by atoms with Crippen LogP contribution >= 0.6 is 0 Å². The molecule has 0 aliphatic rings.